The van der Waals surface area contributed by atoms with Gasteiger partial charge in [-0.3, -0.25) is 4.79 Å². The molecule has 2 aromatic rings. The normalized spacial score (nSPS) is 19.6. The average Bonchev–Trinajstić information content (AvgIpc) is 3.67. The van der Waals surface area contributed by atoms with Crippen LogP contribution in [0.5, 0.6) is 0 Å². The largest absolute Gasteiger partial charge is 0.464 e. The van der Waals surface area contributed by atoms with Gasteiger partial charge in [-0.15, -0.1) is 11.8 Å². The van der Waals surface area contributed by atoms with Gasteiger partial charge in [0.15, 0.2) is 11.5 Å². The van der Waals surface area contributed by atoms with Gasteiger partial charge in [-0.05, 0) is 74.0 Å². The SMILES string of the molecule is COC(=O)c1cnc(NC(=O)[C@H](CC2CCOCC2)c2ccc(SC3CC3)c(C3CCC3)c2)cn1. The number of hydrogen-bond acceptors (Lipinski definition) is 7. The van der Waals surface area contributed by atoms with Gasteiger partial charge in [0.1, 0.15) is 0 Å². The lowest BCUT2D eigenvalue weighted by Crippen LogP contribution is -2.27. The molecule has 0 bridgehead atoms. The van der Waals surface area contributed by atoms with Crippen LogP contribution < -0.4 is 5.32 Å². The average molecular weight is 496 g/mol. The summed E-state index contributed by atoms with van der Waals surface area (Å²) in [7, 11) is 1.30. The van der Waals surface area contributed by atoms with Crippen molar-refractivity contribution in [3.8, 4) is 0 Å². The van der Waals surface area contributed by atoms with E-state index in [0.29, 0.717) is 17.7 Å². The van der Waals surface area contributed by atoms with Crippen LogP contribution in [0, 0.1) is 5.92 Å². The lowest BCUT2D eigenvalue weighted by atomic mass is 9.78. The number of rotatable bonds is 9. The van der Waals surface area contributed by atoms with Gasteiger partial charge in [-0.1, -0.05) is 18.6 Å². The van der Waals surface area contributed by atoms with Gasteiger partial charge >= 0.3 is 5.97 Å². The summed E-state index contributed by atoms with van der Waals surface area (Å²) in [6.07, 6.45) is 11.8. The molecule has 1 atom stereocenters. The van der Waals surface area contributed by atoms with Gasteiger partial charge in [0.2, 0.25) is 5.91 Å². The van der Waals surface area contributed by atoms with E-state index in [1.165, 1.54) is 62.1 Å². The maximum absolute atomic E-state index is 13.6. The molecule has 1 N–H and O–H groups in total. The molecule has 1 aromatic heterocycles. The lowest BCUT2D eigenvalue weighted by Gasteiger charge is -2.30. The number of carbonyl (C=O) groups excluding carboxylic acids is 2. The fourth-order valence-corrected chi connectivity index (χ4v) is 6.06. The molecule has 186 valence electrons. The van der Waals surface area contributed by atoms with E-state index >= 15 is 0 Å². The number of nitrogens with zero attached hydrogens (tertiary/aromatic N) is 2. The Bertz CT molecular complexity index is 1050. The second kappa shape index (κ2) is 11.1. The van der Waals surface area contributed by atoms with Crippen LogP contribution in [0.4, 0.5) is 5.82 Å². The molecule has 1 aromatic carbocycles. The van der Waals surface area contributed by atoms with Crippen LogP contribution in [-0.4, -0.2) is 47.4 Å². The molecular formula is C27H33N3O4S. The highest BCUT2D eigenvalue weighted by Crippen LogP contribution is 2.47. The lowest BCUT2D eigenvalue weighted by molar-refractivity contribution is -0.118. The first kappa shape index (κ1) is 24.3. The standard InChI is InChI=1S/C27H33N3O4S/c1-33-27(32)23-15-29-25(16-28-23)30-26(31)22(13-17-9-11-34-12-10-17)19-5-8-24(35-20-6-7-20)21(14-19)18-3-2-4-18/h5,8,14-18,20,22H,2-4,6-7,9-13H2,1H3,(H,29,30,31)/t22-/m1/s1. The summed E-state index contributed by atoms with van der Waals surface area (Å²) in [4.78, 5) is 34.9. The van der Waals surface area contributed by atoms with Crippen molar-refractivity contribution >= 4 is 29.5 Å². The zero-order valence-electron chi connectivity index (χ0n) is 20.2. The van der Waals surface area contributed by atoms with Crippen LogP contribution >= 0.6 is 11.8 Å². The number of amides is 1. The Balaban J connectivity index is 1.39. The molecule has 0 radical (unpaired) electrons. The summed E-state index contributed by atoms with van der Waals surface area (Å²) in [6.45, 7) is 1.51. The zero-order chi connectivity index (χ0) is 24.2. The molecule has 0 unspecified atom stereocenters. The van der Waals surface area contributed by atoms with Gasteiger partial charge in [0.05, 0.1) is 25.4 Å². The number of carbonyl (C=O) groups is 2. The highest BCUT2D eigenvalue weighted by atomic mass is 32.2. The second-order valence-corrected chi connectivity index (χ2v) is 11.2. The molecule has 35 heavy (non-hydrogen) atoms. The monoisotopic (exact) mass is 495 g/mol. The topological polar surface area (TPSA) is 90.4 Å². The molecule has 1 aliphatic heterocycles. The van der Waals surface area contributed by atoms with Gasteiger partial charge in [-0.2, -0.15) is 0 Å². The Hall–Kier alpha value is -2.45. The van der Waals surface area contributed by atoms with Crippen LogP contribution in [0.2, 0.25) is 0 Å². The molecule has 7 nitrogen and oxygen atoms in total. The summed E-state index contributed by atoms with van der Waals surface area (Å²) in [5.74, 6) is 0.470. The minimum absolute atomic E-state index is 0.0845. The first-order valence-electron chi connectivity index (χ1n) is 12.7. The predicted octanol–water partition coefficient (Wildman–Crippen LogP) is 5.32. The zero-order valence-corrected chi connectivity index (χ0v) is 21.0. The summed E-state index contributed by atoms with van der Waals surface area (Å²) in [6, 6.07) is 6.72. The van der Waals surface area contributed by atoms with Crippen LogP contribution in [0.15, 0.2) is 35.5 Å². The number of benzene rings is 1. The van der Waals surface area contributed by atoms with Gasteiger partial charge < -0.3 is 14.8 Å². The number of hydrogen-bond donors (Lipinski definition) is 1. The second-order valence-electron chi connectivity index (χ2n) is 9.85. The van der Waals surface area contributed by atoms with Crippen molar-refractivity contribution in [2.75, 3.05) is 25.6 Å². The summed E-state index contributed by atoms with van der Waals surface area (Å²) in [5.41, 5.74) is 2.62. The number of aromatic nitrogens is 2. The van der Waals surface area contributed by atoms with E-state index in [2.05, 4.69) is 38.2 Å². The molecule has 8 heteroatoms. The Labute approximate surface area is 210 Å². The Kier molecular flexibility index (Phi) is 7.68. The number of thioether (sulfide) groups is 1. The fourth-order valence-electron chi connectivity index (χ4n) is 4.82. The van der Waals surface area contributed by atoms with E-state index in [-0.39, 0.29) is 17.5 Å². The Morgan fingerprint density at radius 3 is 2.54 bits per heavy atom. The van der Waals surface area contributed by atoms with E-state index in [1.807, 2.05) is 11.8 Å². The predicted molar refractivity (Wildman–Crippen MR) is 135 cm³/mol. The van der Waals surface area contributed by atoms with Crippen molar-refractivity contribution < 1.29 is 19.1 Å². The highest BCUT2D eigenvalue weighted by Gasteiger charge is 2.31. The fraction of sp³-hybridized carbons (Fsp3) is 0.556. The third kappa shape index (κ3) is 6.04. The smallest absolute Gasteiger partial charge is 0.358 e. The van der Waals surface area contributed by atoms with Crippen molar-refractivity contribution in [3.63, 3.8) is 0 Å². The van der Waals surface area contributed by atoms with Crippen molar-refractivity contribution in [3.05, 3.63) is 47.4 Å². The first-order chi connectivity index (χ1) is 17.1. The molecule has 3 aliphatic rings. The van der Waals surface area contributed by atoms with E-state index in [0.717, 1.165) is 43.3 Å². The number of anilines is 1. The third-order valence-corrected chi connectivity index (χ3v) is 8.75. The Morgan fingerprint density at radius 2 is 1.91 bits per heavy atom. The molecule has 5 rings (SSSR count). The number of esters is 1. The molecule has 3 fully saturated rings. The molecule has 1 saturated heterocycles. The molecule has 1 amide bonds. The first-order valence-corrected chi connectivity index (χ1v) is 13.6. The van der Waals surface area contributed by atoms with Crippen molar-refractivity contribution in [2.24, 2.45) is 5.92 Å². The molecule has 2 heterocycles. The molecule has 2 aliphatic carbocycles. The molecule has 2 saturated carbocycles. The van der Waals surface area contributed by atoms with Gasteiger partial charge in [0.25, 0.3) is 0 Å². The van der Waals surface area contributed by atoms with Gasteiger partial charge in [0, 0.05) is 23.4 Å². The molecular weight excluding hydrogens is 462 g/mol. The summed E-state index contributed by atoms with van der Waals surface area (Å²) < 4.78 is 10.2. The number of nitrogens with one attached hydrogen (secondary N) is 1. The quantitative estimate of drug-likeness (QED) is 0.471. The maximum atomic E-state index is 13.6. The summed E-state index contributed by atoms with van der Waals surface area (Å²) >= 11 is 2.01. The minimum Gasteiger partial charge on any atom is -0.464 e. The van der Waals surface area contributed by atoms with E-state index in [1.54, 1.807) is 0 Å². The number of methoxy groups -OCH3 is 1. The van der Waals surface area contributed by atoms with Crippen LogP contribution in [-0.2, 0) is 14.3 Å². The Morgan fingerprint density at radius 1 is 1.11 bits per heavy atom. The van der Waals surface area contributed by atoms with Crippen molar-refractivity contribution in [2.45, 2.75) is 73.3 Å². The van der Waals surface area contributed by atoms with Crippen molar-refractivity contribution in [1.29, 1.82) is 0 Å². The summed E-state index contributed by atoms with van der Waals surface area (Å²) in [5, 5.41) is 3.70. The van der Waals surface area contributed by atoms with Crippen molar-refractivity contribution in [1.82, 2.24) is 9.97 Å². The highest BCUT2D eigenvalue weighted by molar-refractivity contribution is 8.00. The minimum atomic E-state index is -0.555. The van der Waals surface area contributed by atoms with Crippen LogP contribution in [0.3, 0.4) is 0 Å². The van der Waals surface area contributed by atoms with E-state index in [4.69, 9.17) is 4.74 Å². The van der Waals surface area contributed by atoms with Gasteiger partial charge in [-0.25, -0.2) is 14.8 Å². The maximum Gasteiger partial charge on any atom is 0.358 e. The third-order valence-electron chi connectivity index (χ3n) is 7.32. The number of ether oxygens (including phenoxy) is 2. The van der Waals surface area contributed by atoms with Crippen LogP contribution in [0.25, 0.3) is 0 Å². The van der Waals surface area contributed by atoms with E-state index in [9.17, 15) is 9.59 Å². The van der Waals surface area contributed by atoms with E-state index < -0.39 is 5.97 Å². The molecule has 0 spiro atoms. The van der Waals surface area contributed by atoms with Crippen LogP contribution in [0.1, 0.15) is 84.8 Å².